The molecule has 3 heteroatoms. The summed E-state index contributed by atoms with van der Waals surface area (Å²) in [6.45, 7) is 11.0. The highest BCUT2D eigenvalue weighted by Crippen LogP contribution is 2.28. The van der Waals surface area contributed by atoms with Crippen molar-refractivity contribution in [3.05, 3.63) is 35.9 Å². The summed E-state index contributed by atoms with van der Waals surface area (Å²) in [4.78, 5) is 14.4. The Morgan fingerprint density at radius 3 is 2.52 bits per heavy atom. The molecule has 0 bridgehead atoms. The second kappa shape index (κ2) is 6.61. The molecule has 1 aliphatic heterocycles. The van der Waals surface area contributed by atoms with Crippen LogP contribution in [0.25, 0.3) is 0 Å². The van der Waals surface area contributed by atoms with Crippen molar-refractivity contribution in [3.8, 4) is 0 Å². The van der Waals surface area contributed by atoms with Gasteiger partial charge in [-0.2, -0.15) is 0 Å². The first-order chi connectivity index (χ1) is 9.83. The van der Waals surface area contributed by atoms with Gasteiger partial charge >= 0.3 is 5.97 Å². The van der Waals surface area contributed by atoms with Crippen molar-refractivity contribution in [2.45, 2.75) is 46.3 Å². The molecule has 116 valence electrons. The van der Waals surface area contributed by atoms with Crippen molar-refractivity contribution in [2.24, 2.45) is 11.8 Å². The molecule has 0 aromatic heterocycles. The summed E-state index contributed by atoms with van der Waals surface area (Å²) in [5.74, 6) is 0.880. The average Bonchev–Trinajstić information content (AvgIpc) is 2.68. The molecule has 21 heavy (non-hydrogen) atoms. The average molecular weight is 289 g/mol. The van der Waals surface area contributed by atoms with Crippen LogP contribution in [0.3, 0.4) is 0 Å². The summed E-state index contributed by atoms with van der Waals surface area (Å²) in [6.07, 6.45) is 0.531. The van der Waals surface area contributed by atoms with Gasteiger partial charge in [0, 0.05) is 26.1 Å². The number of ether oxygens (including phenoxy) is 1. The zero-order chi connectivity index (χ0) is 15.5. The minimum Gasteiger partial charge on any atom is -0.460 e. The van der Waals surface area contributed by atoms with E-state index < -0.39 is 0 Å². The molecule has 1 heterocycles. The molecule has 1 fully saturated rings. The van der Waals surface area contributed by atoms with Gasteiger partial charge in [-0.05, 0) is 38.2 Å². The van der Waals surface area contributed by atoms with Gasteiger partial charge in [0.25, 0.3) is 0 Å². The third-order valence-electron chi connectivity index (χ3n) is 3.94. The highest BCUT2D eigenvalue weighted by Gasteiger charge is 2.32. The fraction of sp³-hybridized carbons (Fsp3) is 0.611. The van der Waals surface area contributed by atoms with Gasteiger partial charge in [-0.15, -0.1) is 0 Å². The number of carbonyl (C=O) groups excluding carboxylic acids is 1. The van der Waals surface area contributed by atoms with E-state index in [0.717, 1.165) is 19.6 Å². The zero-order valence-electron chi connectivity index (χ0n) is 13.6. The first-order valence-corrected chi connectivity index (χ1v) is 7.81. The lowest BCUT2D eigenvalue weighted by molar-refractivity contribution is -0.156. The molecule has 0 radical (unpaired) electrons. The molecule has 1 saturated heterocycles. The van der Waals surface area contributed by atoms with Crippen LogP contribution in [0.5, 0.6) is 0 Å². The van der Waals surface area contributed by atoms with Crippen molar-refractivity contribution in [1.29, 1.82) is 0 Å². The van der Waals surface area contributed by atoms with E-state index in [1.165, 1.54) is 5.56 Å². The largest absolute Gasteiger partial charge is 0.460 e. The Morgan fingerprint density at radius 1 is 1.24 bits per heavy atom. The number of rotatable bonds is 4. The van der Waals surface area contributed by atoms with Gasteiger partial charge in [0.1, 0.15) is 5.60 Å². The maximum absolute atomic E-state index is 12.0. The van der Waals surface area contributed by atoms with E-state index in [-0.39, 0.29) is 11.6 Å². The fourth-order valence-electron chi connectivity index (χ4n) is 2.98. The maximum Gasteiger partial charge on any atom is 0.306 e. The molecule has 0 saturated carbocycles. The van der Waals surface area contributed by atoms with Gasteiger partial charge < -0.3 is 4.74 Å². The Bertz CT molecular complexity index is 464. The number of esters is 1. The third-order valence-corrected chi connectivity index (χ3v) is 3.94. The summed E-state index contributed by atoms with van der Waals surface area (Å²) in [5.41, 5.74) is 0.949. The van der Waals surface area contributed by atoms with Crippen LogP contribution in [0.2, 0.25) is 0 Å². The lowest BCUT2D eigenvalue weighted by Gasteiger charge is -2.21. The van der Waals surface area contributed by atoms with Gasteiger partial charge in [0.15, 0.2) is 0 Å². The fourth-order valence-corrected chi connectivity index (χ4v) is 2.98. The Kier molecular flexibility index (Phi) is 5.04. The van der Waals surface area contributed by atoms with Crippen molar-refractivity contribution in [2.75, 3.05) is 13.1 Å². The van der Waals surface area contributed by atoms with E-state index in [0.29, 0.717) is 18.3 Å². The van der Waals surface area contributed by atoms with E-state index in [1.807, 2.05) is 26.8 Å². The number of carbonyl (C=O) groups is 1. The number of hydrogen-bond acceptors (Lipinski definition) is 3. The van der Waals surface area contributed by atoms with Gasteiger partial charge in [-0.25, -0.2) is 0 Å². The van der Waals surface area contributed by atoms with Crippen molar-refractivity contribution in [1.82, 2.24) is 4.90 Å². The quantitative estimate of drug-likeness (QED) is 0.795. The summed E-state index contributed by atoms with van der Waals surface area (Å²) in [5, 5.41) is 0. The standard InChI is InChI=1S/C18H27NO2/c1-14-11-19(12-15-8-6-5-7-9-15)13-16(14)10-17(20)21-18(2,3)4/h5-9,14,16H,10-13H2,1-4H3/t14-,16+/m0/s1. The van der Waals surface area contributed by atoms with Gasteiger partial charge in [-0.1, -0.05) is 37.3 Å². The maximum atomic E-state index is 12.0. The smallest absolute Gasteiger partial charge is 0.306 e. The molecular weight excluding hydrogens is 262 g/mol. The molecule has 3 nitrogen and oxygen atoms in total. The number of likely N-dealkylation sites (tertiary alicyclic amines) is 1. The van der Waals surface area contributed by atoms with Crippen LogP contribution in [-0.2, 0) is 16.1 Å². The first kappa shape index (κ1) is 16.0. The van der Waals surface area contributed by atoms with Crippen molar-refractivity contribution >= 4 is 5.97 Å². The molecule has 0 spiro atoms. The number of hydrogen-bond donors (Lipinski definition) is 0. The predicted molar refractivity (Wildman–Crippen MR) is 84.8 cm³/mol. The number of nitrogens with zero attached hydrogens (tertiary/aromatic N) is 1. The van der Waals surface area contributed by atoms with E-state index in [4.69, 9.17) is 4.74 Å². The van der Waals surface area contributed by atoms with Crippen molar-refractivity contribution in [3.63, 3.8) is 0 Å². The molecule has 1 aromatic rings. The Hall–Kier alpha value is -1.35. The van der Waals surface area contributed by atoms with Crippen LogP contribution in [-0.4, -0.2) is 29.6 Å². The van der Waals surface area contributed by atoms with E-state index in [9.17, 15) is 4.79 Å². The van der Waals surface area contributed by atoms with E-state index in [2.05, 4.69) is 36.1 Å². The van der Waals surface area contributed by atoms with E-state index >= 15 is 0 Å². The Balaban J connectivity index is 1.85. The minimum absolute atomic E-state index is 0.0686. The second-order valence-corrected chi connectivity index (χ2v) is 7.21. The lowest BCUT2D eigenvalue weighted by Crippen LogP contribution is -2.27. The summed E-state index contributed by atoms with van der Waals surface area (Å²) < 4.78 is 5.44. The molecule has 2 atom stereocenters. The topological polar surface area (TPSA) is 29.5 Å². The minimum atomic E-state index is -0.386. The SMILES string of the molecule is C[C@H]1CN(Cc2ccccc2)C[C@H]1CC(=O)OC(C)(C)C. The molecule has 1 aromatic carbocycles. The van der Waals surface area contributed by atoms with Crippen LogP contribution < -0.4 is 0 Å². The molecule has 2 rings (SSSR count). The summed E-state index contributed by atoms with van der Waals surface area (Å²) in [7, 11) is 0. The molecular formula is C18H27NO2. The zero-order valence-corrected chi connectivity index (χ0v) is 13.6. The Morgan fingerprint density at radius 2 is 1.90 bits per heavy atom. The predicted octanol–water partition coefficient (Wildman–Crippen LogP) is 3.49. The summed E-state index contributed by atoms with van der Waals surface area (Å²) >= 11 is 0. The normalized spacial score (nSPS) is 23.2. The molecule has 0 aliphatic carbocycles. The molecule has 0 N–H and O–H groups in total. The number of benzene rings is 1. The van der Waals surface area contributed by atoms with Crippen LogP contribution >= 0.6 is 0 Å². The molecule has 1 aliphatic rings. The summed E-state index contributed by atoms with van der Waals surface area (Å²) in [6, 6.07) is 10.5. The van der Waals surface area contributed by atoms with Crippen molar-refractivity contribution < 1.29 is 9.53 Å². The van der Waals surface area contributed by atoms with Crippen LogP contribution in [0.4, 0.5) is 0 Å². The van der Waals surface area contributed by atoms with Crippen LogP contribution in [0, 0.1) is 11.8 Å². The molecule has 0 amide bonds. The third kappa shape index (κ3) is 5.16. The Labute approximate surface area is 128 Å². The van der Waals surface area contributed by atoms with Gasteiger partial charge in [0.05, 0.1) is 0 Å². The highest BCUT2D eigenvalue weighted by molar-refractivity contribution is 5.70. The molecule has 0 unspecified atom stereocenters. The van der Waals surface area contributed by atoms with Gasteiger partial charge in [-0.3, -0.25) is 9.69 Å². The highest BCUT2D eigenvalue weighted by atomic mass is 16.6. The lowest BCUT2D eigenvalue weighted by atomic mass is 9.95. The monoisotopic (exact) mass is 289 g/mol. The second-order valence-electron chi connectivity index (χ2n) is 7.21. The van der Waals surface area contributed by atoms with Crippen LogP contribution in [0.1, 0.15) is 39.7 Å². The van der Waals surface area contributed by atoms with E-state index in [1.54, 1.807) is 0 Å². The van der Waals surface area contributed by atoms with Crippen LogP contribution in [0.15, 0.2) is 30.3 Å². The first-order valence-electron chi connectivity index (χ1n) is 7.81. The van der Waals surface area contributed by atoms with Gasteiger partial charge in [0.2, 0.25) is 0 Å².